The van der Waals surface area contributed by atoms with E-state index in [0.29, 0.717) is 0 Å². The molecule has 0 heterocycles. The van der Waals surface area contributed by atoms with Crippen molar-refractivity contribution in [2.45, 2.75) is 71.3 Å². The summed E-state index contributed by atoms with van der Waals surface area (Å²) in [6.07, 6.45) is 7.60. The van der Waals surface area contributed by atoms with Crippen molar-refractivity contribution < 1.29 is 9.59 Å². The van der Waals surface area contributed by atoms with Crippen LogP contribution in [0.15, 0.2) is 0 Å². The van der Waals surface area contributed by atoms with Crippen LogP contribution in [0.1, 0.15) is 65.7 Å². The van der Waals surface area contributed by atoms with Gasteiger partial charge < -0.3 is 5.32 Å². The van der Waals surface area contributed by atoms with Gasteiger partial charge in [0.15, 0.2) is 0 Å². The summed E-state index contributed by atoms with van der Waals surface area (Å²) in [7, 11) is 0. The van der Waals surface area contributed by atoms with Gasteiger partial charge in [-0.1, -0.05) is 20.8 Å². The van der Waals surface area contributed by atoms with Gasteiger partial charge in [-0.15, -0.1) is 0 Å². The smallest absolute Gasteiger partial charge is 0.227 e. The summed E-state index contributed by atoms with van der Waals surface area (Å²) in [6.45, 7) is 5.65. The van der Waals surface area contributed by atoms with Gasteiger partial charge in [0.05, 0.1) is 6.42 Å². The lowest BCUT2D eigenvalue weighted by Crippen LogP contribution is -2.60. The molecule has 0 aromatic heterocycles. The Morgan fingerprint density at radius 1 is 1.00 bits per heavy atom. The highest BCUT2D eigenvalue weighted by Crippen LogP contribution is 2.55. The zero-order valence-corrected chi connectivity index (χ0v) is 13.0. The predicted octanol–water partition coefficient (Wildman–Crippen LogP) is 3.08. The highest BCUT2D eigenvalue weighted by molar-refractivity contribution is 6.00. The molecule has 4 aliphatic carbocycles. The van der Waals surface area contributed by atoms with Gasteiger partial charge in [-0.05, 0) is 56.3 Å². The minimum absolute atomic E-state index is 0.0317. The fourth-order valence-electron chi connectivity index (χ4n) is 5.01. The normalized spacial score (nSPS) is 38.9. The van der Waals surface area contributed by atoms with Gasteiger partial charge in [0, 0.05) is 11.0 Å². The molecule has 1 N–H and O–H groups in total. The largest absolute Gasteiger partial charge is 0.350 e. The van der Waals surface area contributed by atoms with E-state index in [4.69, 9.17) is 0 Å². The molecule has 4 rings (SSSR count). The standard InChI is InChI=1S/C17H27NO2/c1-16(2,3)14(19)7-15(20)18-17-8-11-4-12(9-17)6-13(5-11)10-17/h11-13H,4-10H2,1-3H3,(H,18,20). The highest BCUT2D eigenvalue weighted by atomic mass is 16.2. The zero-order valence-electron chi connectivity index (χ0n) is 13.0. The first-order valence-electron chi connectivity index (χ1n) is 8.10. The van der Waals surface area contributed by atoms with Gasteiger partial charge in [-0.3, -0.25) is 9.59 Å². The number of Topliss-reactive ketones (excluding diaryl/α,β-unsaturated/α-hetero) is 1. The number of hydrogen-bond acceptors (Lipinski definition) is 2. The third-order valence-corrected chi connectivity index (χ3v) is 5.60. The molecule has 4 fully saturated rings. The van der Waals surface area contributed by atoms with Crippen LogP contribution in [0.3, 0.4) is 0 Å². The van der Waals surface area contributed by atoms with Crippen LogP contribution >= 0.6 is 0 Å². The fourth-order valence-corrected chi connectivity index (χ4v) is 5.01. The Labute approximate surface area is 121 Å². The molecule has 3 heteroatoms. The first-order chi connectivity index (χ1) is 9.26. The number of hydrogen-bond donors (Lipinski definition) is 1. The van der Waals surface area contributed by atoms with Gasteiger partial charge in [-0.25, -0.2) is 0 Å². The molecule has 0 aromatic carbocycles. The Balaban J connectivity index is 1.63. The van der Waals surface area contributed by atoms with E-state index in [1.165, 1.54) is 19.3 Å². The van der Waals surface area contributed by atoms with Crippen LogP contribution in [-0.4, -0.2) is 17.2 Å². The summed E-state index contributed by atoms with van der Waals surface area (Å²) in [5.41, 5.74) is -0.386. The maximum absolute atomic E-state index is 12.3. The quantitative estimate of drug-likeness (QED) is 0.806. The number of amides is 1. The third-order valence-electron chi connectivity index (χ3n) is 5.60. The Kier molecular flexibility index (Phi) is 3.22. The SMILES string of the molecule is CC(C)(C)C(=O)CC(=O)NC12CC3CC(CC(C3)C1)C2. The van der Waals surface area contributed by atoms with Crippen molar-refractivity contribution in [2.75, 3.05) is 0 Å². The van der Waals surface area contributed by atoms with E-state index in [-0.39, 0.29) is 23.7 Å². The van der Waals surface area contributed by atoms with Crippen LogP contribution in [0.5, 0.6) is 0 Å². The van der Waals surface area contributed by atoms with Crippen LogP contribution in [-0.2, 0) is 9.59 Å². The second-order valence-electron chi connectivity index (χ2n) is 8.60. The Morgan fingerprint density at radius 2 is 1.45 bits per heavy atom. The Hall–Kier alpha value is -0.860. The monoisotopic (exact) mass is 277 g/mol. The van der Waals surface area contributed by atoms with Crippen molar-refractivity contribution >= 4 is 11.7 Å². The lowest BCUT2D eigenvalue weighted by atomic mass is 9.53. The first-order valence-corrected chi connectivity index (χ1v) is 8.10. The maximum Gasteiger partial charge on any atom is 0.227 e. The average Bonchev–Trinajstić information content (AvgIpc) is 2.23. The zero-order chi connectivity index (χ0) is 14.5. The minimum Gasteiger partial charge on any atom is -0.350 e. The number of nitrogens with one attached hydrogen (secondary N) is 1. The molecule has 4 saturated carbocycles. The van der Waals surface area contributed by atoms with Crippen LogP contribution in [0, 0.1) is 23.2 Å². The topological polar surface area (TPSA) is 46.2 Å². The molecule has 1 amide bonds. The molecule has 0 spiro atoms. The van der Waals surface area contributed by atoms with Gasteiger partial charge in [0.2, 0.25) is 5.91 Å². The Bertz CT molecular complexity index is 397. The molecule has 4 bridgehead atoms. The van der Waals surface area contributed by atoms with E-state index < -0.39 is 5.41 Å². The summed E-state index contributed by atoms with van der Waals surface area (Å²) >= 11 is 0. The molecule has 20 heavy (non-hydrogen) atoms. The minimum atomic E-state index is -0.418. The second-order valence-corrected chi connectivity index (χ2v) is 8.60. The summed E-state index contributed by atoms with van der Waals surface area (Å²) < 4.78 is 0. The molecule has 3 nitrogen and oxygen atoms in total. The van der Waals surface area contributed by atoms with Gasteiger partial charge >= 0.3 is 0 Å². The van der Waals surface area contributed by atoms with Crippen LogP contribution in [0.4, 0.5) is 0 Å². The number of carbonyl (C=O) groups is 2. The molecule has 0 saturated heterocycles. The average molecular weight is 277 g/mol. The van der Waals surface area contributed by atoms with Crippen molar-refractivity contribution in [2.24, 2.45) is 23.2 Å². The Morgan fingerprint density at radius 3 is 1.85 bits per heavy atom. The lowest BCUT2D eigenvalue weighted by Gasteiger charge is -2.56. The van der Waals surface area contributed by atoms with Crippen molar-refractivity contribution in [3.8, 4) is 0 Å². The highest BCUT2D eigenvalue weighted by Gasteiger charge is 2.51. The summed E-state index contributed by atoms with van der Waals surface area (Å²) in [6, 6.07) is 0. The van der Waals surface area contributed by atoms with Crippen LogP contribution in [0.25, 0.3) is 0 Å². The molecule has 0 radical (unpaired) electrons. The van der Waals surface area contributed by atoms with Crippen molar-refractivity contribution in [3.05, 3.63) is 0 Å². The molecular formula is C17H27NO2. The van der Waals surface area contributed by atoms with E-state index in [1.807, 2.05) is 20.8 Å². The van der Waals surface area contributed by atoms with E-state index in [2.05, 4.69) is 5.32 Å². The van der Waals surface area contributed by atoms with Gasteiger partial charge in [0.1, 0.15) is 5.78 Å². The molecule has 4 aliphatic rings. The van der Waals surface area contributed by atoms with E-state index in [9.17, 15) is 9.59 Å². The van der Waals surface area contributed by atoms with Crippen molar-refractivity contribution in [1.29, 1.82) is 0 Å². The molecule has 0 aliphatic heterocycles. The van der Waals surface area contributed by atoms with Crippen molar-refractivity contribution in [3.63, 3.8) is 0 Å². The number of rotatable bonds is 3. The van der Waals surface area contributed by atoms with Gasteiger partial charge in [-0.2, -0.15) is 0 Å². The molecular weight excluding hydrogens is 250 g/mol. The second kappa shape index (κ2) is 4.57. The molecule has 0 atom stereocenters. The van der Waals surface area contributed by atoms with E-state index in [0.717, 1.165) is 37.0 Å². The molecule has 112 valence electrons. The maximum atomic E-state index is 12.3. The summed E-state index contributed by atoms with van der Waals surface area (Å²) in [5.74, 6) is 2.45. The third kappa shape index (κ3) is 2.64. The first kappa shape index (κ1) is 14.1. The molecule has 0 aromatic rings. The number of ketones is 1. The van der Waals surface area contributed by atoms with E-state index >= 15 is 0 Å². The summed E-state index contributed by atoms with van der Waals surface area (Å²) in [5, 5.41) is 3.27. The van der Waals surface area contributed by atoms with Crippen LogP contribution < -0.4 is 5.32 Å². The van der Waals surface area contributed by atoms with Crippen LogP contribution in [0.2, 0.25) is 0 Å². The van der Waals surface area contributed by atoms with Crippen molar-refractivity contribution in [1.82, 2.24) is 5.32 Å². The predicted molar refractivity (Wildman–Crippen MR) is 78.1 cm³/mol. The van der Waals surface area contributed by atoms with Gasteiger partial charge in [0.25, 0.3) is 0 Å². The summed E-state index contributed by atoms with van der Waals surface area (Å²) in [4.78, 5) is 24.3. The molecule has 0 unspecified atom stereocenters. The fraction of sp³-hybridized carbons (Fsp3) is 0.882. The van der Waals surface area contributed by atoms with E-state index in [1.54, 1.807) is 0 Å². The lowest BCUT2D eigenvalue weighted by molar-refractivity contribution is -0.135. The number of carbonyl (C=O) groups excluding carboxylic acids is 2.